The van der Waals surface area contributed by atoms with Crippen LogP contribution in [0.25, 0.3) is 0 Å². The van der Waals surface area contributed by atoms with E-state index in [-0.39, 0.29) is 29.1 Å². The van der Waals surface area contributed by atoms with Crippen molar-refractivity contribution in [3.63, 3.8) is 0 Å². The maximum atomic E-state index is 12.7. The van der Waals surface area contributed by atoms with Crippen molar-refractivity contribution in [2.45, 2.75) is 109 Å². The van der Waals surface area contributed by atoms with Gasteiger partial charge in [0.05, 0.1) is 12.1 Å². The third kappa shape index (κ3) is 9.20. The summed E-state index contributed by atoms with van der Waals surface area (Å²) in [5.74, 6) is -3.33. The Balaban J connectivity index is 0.000000214. The van der Waals surface area contributed by atoms with Crippen LogP contribution in [-0.2, 0) is 47.8 Å². The Bertz CT molecular complexity index is 1780. The molecule has 0 spiro atoms. The van der Waals surface area contributed by atoms with E-state index in [4.69, 9.17) is 5.73 Å². The fraction of sp³-hybridized carbons (Fsp3) is 0.619. The Morgan fingerprint density at radius 3 is 1.55 bits per heavy atom. The zero-order chi connectivity index (χ0) is 40.6. The molecule has 0 saturated carbocycles. The van der Waals surface area contributed by atoms with Crippen LogP contribution in [-0.4, -0.2) is 96.3 Å². The lowest BCUT2D eigenvalue weighted by atomic mass is 9.81. The number of rotatable bonds is 3. The van der Waals surface area contributed by atoms with Crippen molar-refractivity contribution in [1.82, 2.24) is 19.6 Å². The summed E-state index contributed by atoms with van der Waals surface area (Å²) in [5, 5.41) is 0. The maximum absolute atomic E-state index is 12.7. The van der Waals surface area contributed by atoms with Crippen LogP contribution in [0.1, 0.15) is 113 Å². The molecular formula is C42H58F3N5O5. The Hall–Kier alpha value is -3.97. The fourth-order valence-corrected chi connectivity index (χ4v) is 8.71. The molecule has 2 aromatic carbocycles. The highest BCUT2D eigenvalue weighted by atomic mass is 19.4. The van der Waals surface area contributed by atoms with E-state index >= 15 is 0 Å². The zero-order valence-electron chi connectivity index (χ0n) is 33.6. The molecule has 4 unspecified atom stereocenters. The van der Waals surface area contributed by atoms with Crippen molar-refractivity contribution in [3.05, 3.63) is 69.8 Å². The van der Waals surface area contributed by atoms with E-state index in [1.807, 2.05) is 13.0 Å². The Morgan fingerprint density at radius 1 is 0.727 bits per heavy atom. The third-order valence-corrected chi connectivity index (χ3v) is 12.6. The van der Waals surface area contributed by atoms with Gasteiger partial charge < -0.3 is 20.3 Å². The summed E-state index contributed by atoms with van der Waals surface area (Å²) >= 11 is 0. The topological polar surface area (TPSA) is 116 Å². The molecule has 302 valence electrons. The number of halogens is 3. The van der Waals surface area contributed by atoms with Gasteiger partial charge in [0.2, 0.25) is 0 Å². The molecule has 0 aromatic heterocycles. The molecule has 2 N–H and O–H groups in total. The first-order chi connectivity index (χ1) is 25.6. The largest absolute Gasteiger partial charge is 0.449 e. The van der Waals surface area contributed by atoms with Gasteiger partial charge in [-0.1, -0.05) is 50.2 Å². The zero-order valence-corrected chi connectivity index (χ0v) is 33.6. The number of likely N-dealkylation sites (N-methyl/N-ethyl adjacent to an activating group) is 2. The van der Waals surface area contributed by atoms with Gasteiger partial charge in [-0.15, -0.1) is 0 Å². The number of carbonyl (C=O) groups is 4. The van der Waals surface area contributed by atoms with Gasteiger partial charge in [0.15, 0.2) is 6.61 Å². The maximum Gasteiger partial charge on any atom is 0.422 e. The van der Waals surface area contributed by atoms with Gasteiger partial charge in [-0.2, -0.15) is 13.2 Å². The lowest BCUT2D eigenvalue weighted by Crippen LogP contribution is -2.47. The van der Waals surface area contributed by atoms with E-state index < -0.39 is 36.5 Å². The van der Waals surface area contributed by atoms with Crippen molar-refractivity contribution in [3.8, 4) is 0 Å². The minimum atomic E-state index is -4.66. The first-order valence-corrected chi connectivity index (χ1v) is 19.5. The molecule has 3 amide bonds. The summed E-state index contributed by atoms with van der Waals surface area (Å²) in [6.07, 6.45) is 0.687. The van der Waals surface area contributed by atoms with E-state index in [0.717, 1.165) is 56.3 Å². The molecule has 2 fully saturated rings. The number of fused-ring (bicyclic) bond motifs is 2. The number of ether oxygens (including phenoxy) is 1. The molecule has 55 heavy (non-hydrogen) atoms. The molecular weight excluding hydrogens is 711 g/mol. The van der Waals surface area contributed by atoms with Crippen molar-refractivity contribution >= 4 is 23.7 Å². The van der Waals surface area contributed by atoms with Gasteiger partial charge in [0.1, 0.15) is 0 Å². The molecule has 10 nitrogen and oxygen atoms in total. The number of hydrogen-bond acceptors (Lipinski definition) is 7. The van der Waals surface area contributed by atoms with Crippen LogP contribution in [0.4, 0.5) is 13.2 Å². The number of hydrogen-bond donors (Lipinski definition) is 1. The molecule has 4 atom stereocenters. The predicted octanol–water partition coefficient (Wildman–Crippen LogP) is 6.01. The number of benzene rings is 2. The number of carbonyl (C=O) groups excluding carboxylic acids is 4. The summed E-state index contributed by atoms with van der Waals surface area (Å²) in [6.45, 7) is 14.0. The summed E-state index contributed by atoms with van der Waals surface area (Å²) in [4.78, 5) is 56.2. The second-order valence-electron chi connectivity index (χ2n) is 17.2. The lowest BCUT2D eigenvalue weighted by molar-refractivity contribution is -0.190. The van der Waals surface area contributed by atoms with E-state index in [2.05, 4.69) is 93.6 Å². The number of amides is 3. The summed E-state index contributed by atoms with van der Waals surface area (Å²) in [5.41, 5.74) is 12.4. The highest BCUT2D eigenvalue weighted by Crippen LogP contribution is 2.40. The third-order valence-electron chi connectivity index (χ3n) is 12.6. The van der Waals surface area contributed by atoms with Gasteiger partial charge in [-0.25, -0.2) is 4.79 Å². The number of piperidine rings is 2. The van der Waals surface area contributed by atoms with Crippen molar-refractivity contribution < 1.29 is 37.1 Å². The molecule has 4 aliphatic rings. The van der Waals surface area contributed by atoms with Crippen LogP contribution in [0.2, 0.25) is 0 Å². The van der Waals surface area contributed by atoms with E-state index in [1.54, 1.807) is 4.90 Å². The molecule has 13 heteroatoms. The van der Waals surface area contributed by atoms with Crippen molar-refractivity contribution in [2.75, 3.05) is 46.9 Å². The van der Waals surface area contributed by atoms with Crippen LogP contribution >= 0.6 is 0 Å². The SMILES string of the molecule is CC1CCC(c2ccc3c(c2)CCN(C)C3(C)C)N(C(=O)C(=O)OCC(F)(F)F)C1.CC1CCC(c2ccc3c(c2)CCN(C)C3(C)C)N(C(=O)C(N)=O)C1. The smallest absolute Gasteiger partial charge is 0.422 e. The monoisotopic (exact) mass is 769 g/mol. The first kappa shape index (κ1) is 42.2. The fourth-order valence-electron chi connectivity index (χ4n) is 8.71. The van der Waals surface area contributed by atoms with Gasteiger partial charge in [0.25, 0.3) is 0 Å². The first-order valence-electron chi connectivity index (χ1n) is 19.5. The molecule has 6 rings (SSSR count). The molecule has 2 aromatic rings. The standard InChI is InChI=1S/C22H29F3N2O3.C20H29N3O2/c1-14-5-8-18(27(12-14)19(28)20(29)30-13-22(23,24)25)16-6-7-17-15(11-16)9-10-26(4)21(17,2)3;1-13-5-8-17(23(12-13)19(25)18(21)24)15-6-7-16-14(11-15)9-10-22(4)20(16,2)3/h6-7,11,14,18H,5,8-10,12-13H2,1-4H3;6-7,11,13,17H,5,8-10,12H2,1-4H3,(H2,21,24). The van der Waals surface area contributed by atoms with Crippen molar-refractivity contribution in [2.24, 2.45) is 17.6 Å². The van der Waals surface area contributed by atoms with E-state index in [1.165, 1.54) is 27.2 Å². The van der Waals surface area contributed by atoms with Crippen LogP contribution in [0, 0.1) is 11.8 Å². The number of nitrogens with two attached hydrogens (primary N) is 1. The molecule has 2 saturated heterocycles. The number of likely N-dealkylation sites (tertiary alicyclic amines) is 2. The number of alkyl halides is 3. The van der Waals surface area contributed by atoms with Crippen LogP contribution in [0.3, 0.4) is 0 Å². The summed E-state index contributed by atoms with van der Waals surface area (Å²) in [6, 6.07) is 12.3. The summed E-state index contributed by atoms with van der Waals surface area (Å²) in [7, 11) is 4.25. The van der Waals surface area contributed by atoms with E-state index in [9.17, 15) is 32.3 Å². The van der Waals surface area contributed by atoms with Crippen molar-refractivity contribution in [1.29, 1.82) is 0 Å². The summed E-state index contributed by atoms with van der Waals surface area (Å²) < 4.78 is 41.3. The van der Waals surface area contributed by atoms with Gasteiger partial charge >= 0.3 is 29.9 Å². The lowest BCUT2D eigenvalue weighted by Gasteiger charge is -2.43. The molecule has 0 bridgehead atoms. The average molecular weight is 770 g/mol. The van der Waals surface area contributed by atoms with Gasteiger partial charge in [0, 0.05) is 37.3 Å². The normalized spacial score (nSPS) is 25.1. The van der Waals surface area contributed by atoms with Gasteiger partial charge in [-0.3, -0.25) is 24.2 Å². The van der Waals surface area contributed by atoms with Crippen LogP contribution in [0.15, 0.2) is 36.4 Å². The highest BCUT2D eigenvalue weighted by Gasteiger charge is 2.40. The second-order valence-corrected chi connectivity index (χ2v) is 17.2. The Labute approximate surface area is 323 Å². The van der Waals surface area contributed by atoms with Crippen LogP contribution < -0.4 is 5.73 Å². The Kier molecular flexibility index (Phi) is 12.5. The predicted molar refractivity (Wildman–Crippen MR) is 204 cm³/mol. The molecule has 0 aliphatic carbocycles. The number of primary amides is 1. The number of nitrogens with zero attached hydrogens (tertiary/aromatic N) is 4. The molecule has 4 aliphatic heterocycles. The minimum absolute atomic E-state index is 0.00984. The Morgan fingerprint density at radius 2 is 1.15 bits per heavy atom. The highest BCUT2D eigenvalue weighted by molar-refractivity contribution is 6.34. The minimum Gasteiger partial charge on any atom is -0.449 e. The molecule has 0 radical (unpaired) electrons. The number of esters is 1. The second kappa shape index (κ2) is 16.3. The molecule has 4 heterocycles. The van der Waals surface area contributed by atoms with E-state index in [0.29, 0.717) is 25.4 Å². The van der Waals surface area contributed by atoms with Crippen LogP contribution in [0.5, 0.6) is 0 Å². The average Bonchev–Trinajstić information content (AvgIpc) is 3.12. The quantitative estimate of drug-likeness (QED) is 0.301. The van der Waals surface area contributed by atoms with Gasteiger partial charge in [-0.05, 0) is 126 Å².